The van der Waals surface area contributed by atoms with E-state index in [1.807, 2.05) is 11.4 Å². The van der Waals surface area contributed by atoms with E-state index in [9.17, 15) is 0 Å². The molecule has 1 aliphatic rings. The fraction of sp³-hybridized carbons (Fsp3) is 0.444. The minimum atomic E-state index is -0.120. The highest BCUT2D eigenvalue weighted by atomic mass is 32.1. The molecule has 2 heterocycles. The van der Waals surface area contributed by atoms with Gasteiger partial charge in [0.1, 0.15) is 11.4 Å². The van der Waals surface area contributed by atoms with Gasteiger partial charge in [-0.15, -0.1) is 11.3 Å². The zero-order valence-corrected chi connectivity index (χ0v) is 8.72. The van der Waals surface area contributed by atoms with Crippen molar-refractivity contribution < 1.29 is 4.74 Å². The lowest BCUT2D eigenvalue weighted by molar-refractivity contribution is 0.113. The molecule has 3 heteroatoms. The number of hydrogen-bond acceptors (Lipinski definition) is 3. The summed E-state index contributed by atoms with van der Waals surface area (Å²) in [6.07, 6.45) is 0.857. The number of rotatable bonds is 0. The Morgan fingerprint density at radius 2 is 2.33 bits per heavy atom. The third-order valence-corrected chi connectivity index (χ3v) is 3.29. The standard InChI is InChI=1S/C9H10OS2/c1-9(2)5-7(11)8-6(10-9)3-4-12-8/h3-4H,5H2,1-2H3. The van der Waals surface area contributed by atoms with Crippen LogP contribution < -0.4 is 4.74 Å². The largest absolute Gasteiger partial charge is 0.486 e. The molecule has 1 aromatic rings. The van der Waals surface area contributed by atoms with E-state index in [-0.39, 0.29) is 5.60 Å². The van der Waals surface area contributed by atoms with Crippen LogP contribution in [0.25, 0.3) is 0 Å². The lowest BCUT2D eigenvalue weighted by Crippen LogP contribution is -2.34. The van der Waals surface area contributed by atoms with Crippen LogP contribution in [0.4, 0.5) is 0 Å². The molecule has 1 aromatic heterocycles. The number of hydrogen-bond donors (Lipinski definition) is 0. The predicted molar refractivity (Wildman–Crippen MR) is 55.3 cm³/mol. The van der Waals surface area contributed by atoms with Gasteiger partial charge >= 0.3 is 0 Å². The van der Waals surface area contributed by atoms with Gasteiger partial charge in [0, 0.05) is 11.3 Å². The third kappa shape index (κ3) is 1.27. The second-order valence-corrected chi connectivity index (χ2v) is 4.98. The molecular weight excluding hydrogens is 188 g/mol. The van der Waals surface area contributed by atoms with Crippen molar-refractivity contribution in [3.8, 4) is 5.75 Å². The van der Waals surface area contributed by atoms with Crippen LogP contribution in [-0.4, -0.2) is 10.5 Å². The van der Waals surface area contributed by atoms with Crippen LogP contribution in [-0.2, 0) is 0 Å². The quantitative estimate of drug-likeness (QED) is 0.593. The average molecular weight is 198 g/mol. The minimum Gasteiger partial charge on any atom is -0.486 e. The maximum absolute atomic E-state index is 5.75. The molecule has 0 saturated heterocycles. The fourth-order valence-corrected chi connectivity index (χ4v) is 2.73. The SMILES string of the molecule is CC1(C)CC(=S)c2sccc2O1. The normalized spacial score (nSPS) is 20.0. The number of thiophene rings is 1. The second kappa shape index (κ2) is 2.54. The molecule has 0 aromatic carbocycles. The second-order valence-electron chi connectivity index (χ2n) is 3.58. The van der Waals surface area contributed by atoms with E-state index in [4.69, 9.17) is 17.0 Å². The van der Waals surface area contributed by atoms with Crippen LogP contribution in [0.1, 0.15) is 25.1 Å². The maximum Gasteiger partial charge on any atom is 0.139 e. The highest BCUT2D eigenvalue weighted by molar-refractivity contribution is 7.81. The van der Waals surface area contributed by atoms with Crippen molar-refractivity contribution in [2.75, 3.05) is 0 Å². The number of ether oxygens (including phenoxy) is 1. The van der Waals surface area contributed by atoms with Crippen molar-refractivity contribution in [2.24, 2.45) is 0 Å². The first-order chi connectivity index (χ1) is 5.58. The van der Waals surface area contributed by atoms with Crippen molar-refractivity contribution in [3.05, 3.63) is 16.3 Å². The Labute approximate surface area is 81.4 Å². The van der Waals surface area contributed by atoms with Crippen LogP contribution in [0.5, 0.6) is 5.75 Å². The van der Waals surface area contributed by atoms with Crippen LogP contribution in [0.15, 0.2) is 11.4 Å². The molecule has 12 heavy (non-hydrogen) atoms. The van der Waals surface area contributed by atoms with Crippen molar-refractivity contribution in [2.45, 2.75) is 25.9 Å². The molecule has 0 spiro atoms. The Balaban J connectivity index is 2.45. The molecule has 2 rings (SSSR count). The van der Waals surface area contributed by atoms with Crippen molar-refractivity contribution >= 4 is 28.4 Å². The van der Waals surface area contributed by atoms with Gasteiger partial charge < -0.3 is 4.74 Å². The summed E-state index contributed by atoms with van der Waals surface area (Å²) in [5, 5.41) is 2.03. The molecule has 0 N–H and O–H groups in total. The Hall–Kier alpha value is -0.410. The van der Waals surface area contributed by atoms with Gasteiger partial charge in [-0.25, -0.2) is 0 Å². The van der Waals surface area contributed by atoms with Gasteiger partial charge in [-0.1, -0.05) is 12.2 Å². The topological polar surface area (TPSA) is 9.23 Å². The summed E-state index contributed by atoms with van der Waals surface area (Å²) >= 11 is 6.96. The molecule has 1 nitrogen and oxygen atoms in total. The minimum absolute atomic E-state index is 0.120. The molecule has 0 radical (unpaired) electrons. The first kappa shape index (κ1) is 8.20. The summed E-state index contributed by atoms with van der Waals surface area (Å²) < 4.78 is 5.75. The lowest BCUT2D eigenvalue weighted by Gasteiger charge is -2.31. The van der Waals surface area contributed by atoms with Gasteiger partial charge in [-0.3, -0.25) is 0 Å². The van der Waals surface area contributed by atoms with Gasteiger partial charge in [0.15, 0.2) is 0 Å². The van der Waals surface area contributed by atoms with E-state index >= 15 is 0 Å². The predicted octanol–water partition coefficient (Wildman–Crippen LogP) is 3.03. The van der Waals surface area contributed by atoms with E-state index in [1.54, 1.807) is 11.3 Å². The van der Waals surface area contributed by atoms with Crippen molar-refractivity contribution in [1.29, 1.82) is 0 Å². The lowest BCUT2D eigenvalue weighted by atomic mass is 9.99. The summed E-state index contributed by atoms with van der Waals surface area (Å²) in [7, 11) is 0. The van der Waals surface area contributed by atoms with Gasteiger partial charge in [-0.05, 0) is 25.3 Å². The molecule has 0 unspecified atom stereocenters. The van der Waals surface area contributed by atoms with Crippen LogP contribution in [0, 0.1) is 0 Å². The van der Waals surface area contributed by atoms with E-state index in [0.717, 1.165) is 21.9 Å². The molecule has 0 atom stereocenters. The molecule has 0 fully saturated rings. The summed E-state index contributed by atoms with van der Waals surface area (Å²) in [6, 6.07) is 1.99. The van der Waals surface area contributed by atoms with Crippen LogP contribution in [0.2, 0.25) is 0 Å². The Morgan fingerprint density at radius 1 is 1.58 bits per heavy atom. The Kier molecular flexibility index (Phi) is 1.73. The zero-order valence-electron chi connectivity index (χ0n) is 7.09. The highest BCUT2D eigenvalue weighted by Crippen LogP contribution is 2.36. The van der Waals surface area contributed by atoms with Crippen LogP contribution in [0.3, 0.4) is 0 Å². The van der Waals surface area contributed by atoms with Gasteiger partial charge in [0.25, 0.3) is 0 Å². The van der Waals surface area contributed by atoms with E-state index in [2.05, 4.69) is 13.8 Å². The smallest absolute Gasteiger partial charge is 0.139 e. The van der Waals surface area contributed by atoms with Crippen molar-refractivity contribution in [3.63, 3.8) is 0 Å². The van der Waals surface area contributed by atoms with Gasteiger partial charge in [-0.2, -0.15) is 0 Å². The molecule has 0 bridgehead atoms. The molecule has 0 saturated carbocycles. The number of fused-ring (bicyclic) bond motifs is 1. The number of thiocarbonyl (C=S) groups is 1. The average Bonchev–Trinajstić information content (AvgIpc) is 2.31. The molecule has 1 aliphatic heterocycles. The van der Waals surface area contributed by atoms with Gasteiger partial charge in [0.2, 0.25) is 0 Å². The summed E-state index contributed by atoms with van der Waals surface area (Å²) in [6.45, 7) is 4.14. The maximum atomic E-state index is 5.75. The molecule has 64 valence electrons. The summed E-state index contributed by atoms with van der Waals surface area (Å²) in [5.74, 6) is 0.959. The Bertz CT molecular complexity index is 325. The Morgan fingerprint density at radius 3 is 3.08 bits per heavy atom. The first-order valence-electron chi connectivity index (χ1n) is 3.88. The van der Waals surface area contributed by atoms with E-state index < -0.39 is 0 Å². The monoisotopic (exact) mass is 198 g/mol. The van der Waals surface area contributed by atoms with Gasteiger partial charge in [0.05, 0.1) is 4.88 Å². The first-order valence-corrected chi connectivity index (χ1v) is 5.17. The van der Waals surface area contributed by atoms with E-state index in [1.165, 1.54) is 0 Å². The zero-order chi connectivity index (χ0) is 8.77. The molecule has 0 amide bonds. The third-order valence-electron chi connectivity index (χ3n) is 1.85. The molecular formula is C9H10OS2. The van der Waals surface area contributed by atoms with E-state index in [0.29, 0.717) is 0 Å². The molecule has 0 aliphatic carbocycles. The fourth-order valence-electron chi connectivity index (χ4n) is 1.38. The van der Waals surface area contributed by atoms with Crippen LogP contribution >= 0.6 is 23.6 Å². The van der Waals surface area contributed by atoms with Crippen molar-refractivity contribution in [1.82, 2.24) is 0 Å². The summed E-state index contributed by atoms with van der Waals surface area (Å²) in [4.78, 5) is 2.18. The summed E-state index contributed by atoms with van der Waals surface area (Å²) in [5.41, 5.74) is -0.120. The highest BCUT2D eigenvalue weighted by Gasteiger charge is 2.30.